The van der Waals surface area contributed by atoms with Crippen molar-refractivity contribution in [3.8, 4) is 0 Å². The molecule has 13 heavy (non-hydrogen) atoms. The largest absolute Gasteiger partial charge is 0.367 e. The molecule has 1 aromatic heterocycles. The van der Waals surface area contributed by atoms with Crippen LogP contribution in [-0.2, 0) is 6.42 Å². The summed E-state index contributed by atoms with van der Waals surface area (Å²) in [7, 11) is 2.16. The number of rotatable bonds is 6. The number of likely N-dealkylation sites (N-methyl/N-ethyl adjacent to an activating group) is 1. The Labute approximate surface area is 85.7 Å². The van der Waals surface area contributed by atoms with Gasteiger partial charge in [-0.25, -0.2) is 0 Å². The van der Waals surface area contributed by atoms with Crippen LogP contribution < -0.4 is 0 Å². The van der Waals surface area contributed by atoms with Gasteiger partial charge in [-0.3, -0.25) is 0 Å². The van der Waals surface area contributed by atoms with Gasteiger partial charge in [0.15, 0.2) is 0 Å². The minimum atomic E-state index is 0.981. The molecule has 0 bridgehead atoms. The van der Waals surface area contributed by atoms with E-state index in [4.69, 9.17) is 0 Å². The van der Waals surface area contributed by atoms with Crippen LogP contribution in [0.5, 0.6) is 0 Å². The van der Waals surface area contributed by atoms with Crippen molar-refractivity contribution < 1.29 is 0 Å². The minimum Gasteiger partial charge on any atom is -0.367 e. The molecule has 0 atom stereocenters. The predicted molar refractivity (Wildman–Crippen MR) is 60.5 cm³/mol. The second-order valence-corrected chi connectivity index (χ2v) is 3.80. The van der Waals surface area contributed by atoms with Gasteiger partial charge in [0.05, 0.1) is 0 Å². The Morgan fingerprint density at radius 1 is 1.46 bits per heavy atom. The fourth-order valence-corrected chi connectivity index (χ4v) is 1.43. The summed E-state index contributed by atoms with van der Waals surface area (Å²) in [6.07, 6.45) is 6.34. The van der Waals surface area contributed by atoms with Gasteiger partial charge in [-0.2, -0.15) is 12.6 Å². The number of aromatic amines is 1. The lowest BCUT2D eigenvalue weighted by atomic mass is 10.2. The first kappa shape index (κ1) is 10.7. The van der Waals surface area contributed by atoms with Crippen LogP contribution in [0.3, 0.4) is 0 Å². The van der Waals surface area contributed by atoms with Crippen LogP contribution >= 0.6 is 12.6 Å². The van der Waals surface area contributed by atoms with Crippen molar-refractivity contribution in [3.63, 3.8) is 0 Å². The maximum Gasteiger partial charge on any atom is 0.00378 e. The minimum absolute atomic E-state index is 0.981. The molecule has 0 unspecified atom stereocenters. The van der Waals surface area contributed by atoms with Crippen molar-refractivity contribution in [2.75, 3.05) is 25.9 Å². The molecule has 0 aromatic carbocycles. The van der Waals surface area contributed by atoms with E-state index in [9.17, 15) is 0 Å². The molecule has 0 aliphatic carbocycles. The number of hydrogen-bond donors (Lipinski definition) is 2. The van der Waals surface area contributed by atoms with Gasteiger partial charge < -0.3 is 9.88 Å². The maximum absolute atomic E-state index is 4.19. The molecule has 2 nitrogen and oxygen atoms in total. The smallest absolute Gasteiger partial charge is 0.00378 e. The molecule has 0 fully saturated rings. The molecule has 74 valence electrons. The van der Waals surface area contributed by atoms with Gasteiger partial charge in [-0.15, -0.1) is 0 Å². The Bertz CT molecular complexity index is 209. The number of thiol groups is 1. The molecule has 0 radical (unpaired) electrons. The molecule has 1 aromatic rings. The summed E-state index contributed by atoms with van der Waals surface area (Å²) in [6, 6.07) is 2.13. The number of hydrogen-bond acceptors (Lipinski definition) is 2. The summed E-state index contributed by atoms with van der Waals surface area (Å²) < 4.78 is 0. The lowest BCUT2D eigenvalue weighted by Crippen LogP contribution is -2.22. The third-order valence-corrected chi connectivity index (χ3v) is 2.46. The third-order valence-electron chi connectivity index (χ3n) is 2.14. The molecular weight excluding hydrogens is 180 g/mol. The van der Waals surface area contributed by atoms with Gasteiger partial charge in [-0.1, -0.05) is 0 Å². The van der Waals surface area contributed by atoms with E-state index in [2.05, 4.69) is 41.8 Å². The van der Waals surface area contributed by atoms with E-state index in [1.54, 1.807) is 0 Å². The van der Waals surface area contributed by atoms with Crippen LogP contribution in [0.15, 0.2) is 18.5 Å². The van der Waals surface area contributed by atoms with Gasteiger partial charge >= 0.3 is 0 Å². The quantitative estimate of drug-likeness (QED) is 0.668. The Balaban J connectivity index is 2.11. The molecule has 0 aliphatic heterocycles. The monoisotopic (exact) mass is 198 g/mol. The van der Waals surface area contributed by atoms with Gasteiger partial charge in [0.1, 0.15) is 0 Å². The second kappa shape index (κ2) is 6.11. The average Bonchev–Trinajstić information content (AvgIpc) is 2.64. The molecule has 0 saturated carbocycles. The average molecular weight is 198 g/mol. The normalized spacial score (nSPS) is 11.0. The van der Waals surface area contributed by atoms with E-state index in [0.717, 1.165) is 25.3 Å². The van der Waals surface area contributed by atoms with Gasteiger partial charge in [0, 0.05) is 18.9 Å². The van der Waals surface area contributed by atoms with Crippen molar-refractivity contribution in [1.82, 2.24) is 9.88 Å². The van der Waals surface area contributed by atoms with E-state index in [0.29, 0.717) is 0 Å². The first-order valence-electron chi connectivity index (χ1n) is 4.74. The van der Waals surface area contributed by atoms with E-state index >= 15 is 0 Å². The third kappa shape index (κ3) is 4.39. The van der Waals surface area contributed by atoms with Crippen LogP contribution in [0.4, 0.5) is 0 Å². The van der Waals surface area contributed by atoms with Gasteiger partial charge in [0.25, 0.3) is 0 Å². The number of nitrogens with one attached hydrogen (secondary N) is 1. The van der Waals surface area contributed by atoms with E-state index in [1.807, 2.05) is 6.20 Å². The summed E-state index contributed by atoms with van der Waals surface area (Å²) in [5, 5.41) is 0. The molecule has 1 heterocycles. The molecule has 3 heteroatoms. The van der Waals surface area contributed by atoms with Crippen molar-refractivity contribution in [3.05, 3.63) is 24.0 Å². The first-order valence-corrected chi connectivity index (χ1v) is 5.37. The number of aromatic nitrogens is 1. The molecule has 0 spiro atoms. The molecule has 0 saturated heterocycles. The van der Waals surface area contributed by atoms with Gasteiger partial charge in [-0.05, 0) is 43.8 Å². The summed E-state index contributed by atoms with van der Waals surface area (Å²) in [4.78, 5) is 5.42. The highest BCUT2D eigenvalue weighted by molar-refractivity contribution is 7.80. The molecule has 1 N–H and O–H groups in total. The topological polar surface area (TPSA) is 19.0 Å². The van der Waals surface area contributed by atoms with Crippen LogP contribution in [0.2, 0.25) is 0 Å². The standard InChI is InChI=1S/C10H18N2S/c1-12(6-2-8-13)7-4-10-3-5-11-9-10/h3,5,9,11,13H,2,4,6-8H2,1H3. The van der Waals surface area contributed by atoms with E-state index < -0.39 is 0 Å². The lowest BCUT2D eigenvalue weighted by molar-refractivity contribution is 0.340. The predicted octanol–water partition coefficient (Wildman–Crippen LogP) is 1.81. The lowest BCUT2D eigenvalue weighted by Gasteiger charge is -2.14. The van der Waals surface area contributed by atoms with Crippen LogP contribution in [-0.4, -0.2) is 35.8 Å². The summed E-state index contributed by atoms with van der Waals surface area (Å²) in [5.41, 5.74) is 1.39. The highest BCUT2D eigenvalue weighted by Crippen LogP contribution is 1.99. The Morgan fingerprint density at radius 2 is 2.31 bits per heavy atom. The van der Waals surface area contributed by atoms with Crippen molar-refractivity contribution in [2.45, 2.75) is 12.8 Å². The zero-order valence-corrected chi connectivity index (χ0v) is 9.06. The summed E-state index contributed by atoms with van der Waals surface area (Å²) in [5.74, 6) is 0.981. The van der Waals surface area contributed by atoms with Crippen molar-refractivity contribution in [1.29, 1.82) is 0 Å². The van der Waals surface area contributed by atoms with Crippen LogP contribution in [0.25, 0.3) is 0 Å². The zero-order chi connectivity index (χ0) is 9.52. The van der Waals surface area contributed by atoms with E-state index in [1.165, 1.54) is 12.0 Å². The second-order valence-electron chi connectivity index (χ2n) is 3.35. The Morgan fingerprint density at radius 3 is 2.92 bits per heavy atom. The highest BCUT2D eigenvalue weighted by atomic mass is 32.1. The fraction of sp³-hybridized carbons (Fsp3) is 0.600. The Hall–Kier alpha value is -0.410. The van der Waals surface area contributed by atoms with Gasteiger partial charge in [0.2, 0.25) is 0 Å². The molecule has 0 aliphatic rings. The number of nitrogens with zero attached hydrogens (tertiary/aromatic N) is 1. The molecule has 1 rings (SSSR count). The molecule has 0 amide bonds. The summed E-state index contributed by atoms with van der Waals surface area (Å²) >= 11 is 4.19. The fourth-order valence-electron chi connectivity index (χ4n) is 1.29. The molecular formula is C10H18N2S. The first-order chi connectivity index (χ1) is 6.33. The number of H-pyrrole nitrogens is 1. The van der Waals surface area contributed by atoms with Crippen molar-refractivity contribution >= 4 is 12.6 Å². The SMILES string of the molecule is CN(CCCS)CCc1cc[nH]c1. The highest BCUT2D eigenvalue weighted by Gasteiger charge is 1.98. The Kier molecular flexibility index (Phi) is 5.01. The van der Waals surface area contributed by atoms with Crippen LogP contribution in [0.1, 0.15) is 12.0 Å². The van der Waals surface area contributed by atoms with Crippen molar-refractivity contribution in [2.24, 2.45) is 0 Å². The zero-order valence-electron chi connectivity index (χ0n) is 8.16. The van der Waals surface area contributed by atoms with E-state index in [-0.39, 0.29) is 0 Å². The summed E-state index contributed by atoms with van der Waals surface area (Å²) in [6.45, 7) is 2.28. The maximum atomic E-state index is 4.19. The van der Waals surface area contributed by atoms with Crippen LogP contribution in [0, 0.1) is 0 Å².